The highest BCUT2D eigenvalue weighted by Gasteiger charge is 2.33. The summed E-state index contributed by atoms with van der Waals surface area (Å²) in [7, 11) is 0. The molecule has 0 spiro atoms. The molecule has 0 aliphatic heterocycles. The highest BCUT2D eigenvalue weighted by molar-refractivity contribution is 6.16. The fraction of sp³-hybridized carbons (Fsp3) is 0.333. The molecule has 0 saturated carbocycles. The molecular formula is C9H6ClF3N2O2. The Morgan fingerprint density at radius 3 is 2.65 bits per heavy atom. The maximum atomic E-state index is 12.1. The third-order valence-electron chi connectivity index (χ3n) is 1.77. The lowest BCUT2D eigenvalue weighted by Crippen LogP contribution is -2.22. The Labute approximate surface area is 98.6 Å². The molecule has 1 aromatic rings. The minimum absolute atomic E-state index is 0.0811. The molecule has 0 aliphatic carbocycles. The zero-order valence-electron chi connectivity index (χ0n) is 8.27. The van der Waals surface area contributed by atoms with Crippen LogP contribution < -0.4 is 10.2 Å². The van der Waals surface area contributed by atoms with Crippen LogP contribution in [0.1, 0.15) is 11.3 Å². The van der Waals surface area contributed by atoms with Crippen LogP contribution in [-0.4, -0.2) is 11.3 Å². The lowest BCUT2D eigenvalue weighted by molar-refractivity contribution is -0.276. The van der Waals surface area contributed by atoms with E-state index in [2.05, 4.69) is 9.72 Å². The van der Waals surface area contributed by atoms with Crippen LogP contribution in [0.2, 0.25) is 0 Å². The van der Waals surface area contributed by atoms with Crippen molar-refractivity contribution in [3.63, 3.8) is 0 Å². The molecule has 0 saturated heterocycles. The number of aromatic amines is 1. The first kappa shape index (κ1) is 13.4. The number of halogens is 4. The number of ether oxygens (including phenoxy) is 1. The number of aromatic nitrogens is 1. The first-order valence-electron chi connectivity index (χ1n) is 4.31. The van der Waals surface area contributed by atoms with E-state index in [9.17, 15) is 18.0 Å². The Kier molecular flexibility index (Phi) is 4.02. The highest BCUT2D eigenvalue weighted by atomic mass is 35.5. The van der Waals surface area contributed by atoms with E-state index in [1.165, 1.54) is 0 Å². The standard InChI is InChI=1S/C9H6ClF3N2O2/c10-4-5-3-7(16)6(1-2-14)8(15-5)17-9(11,12)13/h3H,1,4H2,(H,15,16). The summed E-state index contributed by atoms with van der Waals surface area (Å²) in [5.74, 6) is -0.960. The first-order valence-corrected chi connectivity index (χ1v) is 4.84. The molecule has 0 atom stereocenters. The summed E-state index contributed by atoms with van der Waals surface area (Å²) in [5.41, 5.74) is -1.02. The van der Waals surface area contributed by atoms with E-state index in [4.69, 9.17) is 16.9 Å². The summed E-state index contributed by atoms with van der Waals surface area (Å²) in [4.78, 5) is 13.6. The van der Waals surface area contributed by atoms with Crippen molar-refractivity contribution in [2.45, 2.75) is 18.7 Å². The van der Waals surface area contributed by atoms with Crippen molar-refractivity contribution in [2.24, 2.45) is 0 Å². The van der Waals surface area contributed by atoms with Gasteiger partial charge in [0.05, 0.1) is 23.9 Å². The molecule has 0 aliphatic rings. The van der Waals surface area contributed by atoms with Gasteiger partial charge >= 0.3 is 6.36 Å². The minimum atomic E-state index is -4.95. The van der Waals surface area contributed by atoms with Crippen LogP contribution in [0.15, 0.2) is 10.9 Å². The number of nitriles is 1. The Hall–Kier alpha value is -1.68. The molecule has 1 rings (SSSR count). The van der Waals surface area contributed by atoms with Crippen LogP contribution in [0.5, 0.6) is 5.88 Å². The lowest BCUT2D eigenvalue weighted by atomic mass is 10.2. The minimum Gasteiger partial charge on any atom is -0.389 e. The van der Waals surface area contributed by atoms with E-state index in [-0.39, 0.29) is 17.1 Å². The maximum absolute atomic E-state index is 12.1. The molecule has 1 aromatic heterocycles. The van der Waals surface area contributed by atoms with Gasteiger partial charge in [-0.25, -0.2) is 0 Å². The quantitative estimate of drug-likeness (QED) is 0.852. The third kappa shape index (κ3) is 3.67. The Bertz CT molecular complexity index is 504. The fourth-order valence-corrected chi connectivity index (χ4v) is 1.28. The molecule has 0 aromatic carbocycles. The van der Waals surface area contributed by atoms with Gasteiger partial charge in [-0.3, -0.25) is 4.79 Å². The van der Waals surface area contributed by atoms with Crippen LogP contribution in [-0.2, 0) is 12.3 Å². The number of alkyl halides is 4. The zero-order valence-corrected chi connectivity index (χ0v) is 9.02. The average molecular weight is 267 g/mol. The number of nitrogens with one attached hydrogen (secondary N) is 1. The predicted molar refractivity (Wildman–Crippen MR) is 52.6 cm³/mol. The summed E-state index contributed by atoms with van der Waals surface area (Å²) in [5, 5.41) is 8.43. The third-order valence-corrected chi connectivity index (χ3v) is 2.06. The Morgan fingerprint density at radius 1 is 1.53 bits per heavy atom. The van der Waals surface area contributed by atoms with Crippen LogP contribution in [0.3, 0.4) is 0 Å². The number of rotatable bonds is 3. The van der Waals surface area contributed by atoms with Gasteiger partial charge in [0.1, 0.15) is 0 Å². The van der Waals surface area contributed by atoms with Crippen molar-refractivity contribution < 1.29 is 17.9 Å². The number of hydrogen-bond acceptors (Lipinski definition) is 3. The topological polar surface area (TPSA) is 65.9 Å². The van der Waals surface area contributed by atoms with Crippen LogP contribution in [0.4, 0.5) is 13.2 Å². The molecule has 8 heteroatoms. The van der Waals surface area contributed by atoms with Crippen molar-refractivity contribution in [2.75, 3.05) is 0 Å². The SMILES string of the molecule is N#CCc1c(OC(F)(F)F)[nH]c(CCl)cc1=O. The van der Waals surface area contributed by atoms with E-state index in [1.54, 1.807) is 6.07 Å². The number of nitrogens with zero attached hydrogens (tertiary/aromatic N) is 1. The van der Waals surface area contributed by atoms with Gasteiger partial charge in [0.2, 0.25) is 5.88 Å². The summed E-state index contributed by atoms with van der Waals surface area (Å²) in [6.45, 7) is 0. The second-order valence-electron chi connectivity index (χ2n) is 2.98. The van der Waals surface area contributed by atoms with E-state index >= 15 is 0 Å². The van der Waals surface area contributed by atoms with E-state index < -0.39 is 24.1 Å². The normalized spacial score (nSPS) is 11.0. The molecule has 0 radical (unpaired) electrons. The van der Waals surface area contributed by atoms with Crippen LogP contribution >= 0.6 is 11.6 Å². The van der Waals surface area contributed by atoms with Gasteiger partial charge in [0.15, 0.2) is 5.43 Å². The van der Waals surface area contributed by atoms with E-state index in [0.29, 0.717) is 0 Å². The fourth-order valence-electron chi connectivity index (χ4n) is 1.14. The van der Waals surface area contributed by atoms with Gasteiger partial charge < -0.3 is 9.72 Å². The van der Waals surface area contributed by atoms with Crippen molar-refractivity contribution in [1.82, 2.24) is 4.98 Å². The molecular weight excluding hydrogens is 261 g/mol. The molecule has 17 heavy (non-hydrogen) atoms. The summed E-state index contributed by atoms with van der Waals surface area (Å²) < 4.78 is 39.8. The zero-order chi connectivity index (χ0) is 13.1. The monoisotopic (exact) mass is 266 g/mol. The van der Waals surface area contributed by atoms with Crippen molar-refractivity contribution in [1.29, 1.82) is 5.26 Å². The highest BCUT2D eigenvalue weighted by Crippen LogP contribution is 2.23. The van der Waals surface area contributed by atoms with E-state index in [0.717, 1.165) is 6.07 Å². The van der Waals surface area contributed by atoms with Crippen molar-refractivity contribution in [3.05, 3.63) is 27.5 Å². The molecule has 92 valence electrons. The Morgan fingerprint density at radius 2 is 2.18 bits per heavy atom. The summed E-state index contributed by atoms with van der Waals surface area (Å²) >= 11 is 5.40. The van der Waals surface area contributed by atoms with Gasteiger partial charge in [-0.1, -0.05) is 0 Å². The molecule has 0 bridgehead atoms. The smallest absolute Gasteiger partial charge is 0.389 e. The second-order valence-corrected chi connectivity index (χ2v) is 3.25. The largest absolute Gasteiger partial charge is 0.574 e. The molecule has 1 heterocycles. The molecule has 1 N–H and O–H groups in total. The number of hydrogen-bond donors (Lipinski definition) is 1. The average Bonchev–Trinajstić information content (AvgIpc) is 2.20. The van der Waals surface area contributed by atoms with Crippen molar-refractivity contribution in [3.8, 4) is 11.9 Å². The van der Waals surface area contributed by atoms with Gasteiger partial charge in [-0.15, -0.1) is 24.8 Å². The van der Waals surface area contributed by atoms with Crippen molar-refractivity contribution >= 4 is 11.6 Å². The Balaban J connectivity index is 3.28. The molecule has 0 unspecified atom stereocenters. The number of pyridine rings is 1. The van der Waals surface area contributed by atoms with Gasteiger partial charge in [-0.2, -0.15) is 5.26 Å². The number of H-pyrrole nitrogens is 1. The van der Waals surface area contributed by atoms with Gasteiger partial charge in [0.25, 0.3) is 0 Å². The summed E-state index contributed by atoms with van der Waals surface area (Å²) in [6, 6.07) is 2.62. The molecule has 0 amide bonds. The van der Waals surface area contributed by atoms with E-state index in [1.807, 2.05) is 0 Å². The van der Waals surface area contributed by atoms with Crippen LogP contribution in [0.25, 0.3) is 0 Å². The van der Waals surface area contributed by atoms with Crippen LogP contribution in [0, 0.1) is 11.3 Å². The molecule has 4 nitrogen and oxygen atoms in total. The molecule has 0 fully saturated rings. The predicted octanol–water partition coefficient (Wildman–Crippen LogP) is 2.08. The maximum Gasteiger partial charge on any atom is 0.574 e. The second kappa shape index (κ2) is 5.10. The van der Waals surface area contributed by atoms with Gasteiger partial charge in [-0.05, 0) is 0 Å². The van der Waals surface area contributed by atoms with Gasteiger partial charge in [0, 0.05) is 11.8 Å². The lowest BCUT2D eigenvalue weighted by Gasteiger charge is -2.12. The summed E-state index contributed by atoms with van der Waals surface area (Å²) in [6.07, 6.45) is -5.43. The first-order chi connectivity index (χ1) is 7.87.